The lowest BCUT2D eigenvalue weighted by Gasteiger charge is -2.11. The summed E-state index contributed by atoms with van der Waals surface area (Å²) in [7, 11) is 1.16. The molecule has 0 aliphatic carbocycles. The number of nitrogens with zero attached hydrogens (tertiary/aromatic N) is 1. The van der Waals surface area contributed by atoms with Gasteiger partial charge in [0, 0.05) is 28.9 Å². The number of benzene rings is 3. The molecule has 0 saturated heterocycles. The van der Waals surface area contributed by atoms with E-state index in [-0.39, 0.29) is 63.2 Å². The lowest BCUT2D eigenvalue weighted by atomic mass is 9.99. The molecule has 0 spiro atoms. The van der Waals surface area contributed by atoms with E-state index in [2.05, 4.69) is 0 Å². The van der Waals surface area contributed by atoms with E-state index in [1.54, 1.807) is 6.07 Å². The average Bonchev–Trinajstić information content (AvgIpc) is 3.23. The number of phenols is 6. The van der Waals surface area contributed by atoms with E-state index in [1.807, 2.05) is 0 Å². The highest BCUT2D eigenvalue weighted by Gasteiger charge is 2.29. The van der Waals surface area contributed by atoms with Crippen LogP contribution in [-0.2, 0) is 17.7 Å². The van der Waals surface area contributed by atoms with Gasteiger partial charge in [0.15, 0.2) is 34.5 Å². The predicted octanol–water partition coefficient (Wildman–Crippen LogP) is 3.68. The number of hydrogen-bond acceptors (Lipinski definition) is 10. The molecule has 0 radical (unpaired) electrons. The highest BCUT2D eigenvalue weighted by Crippen LogP contribution is 2.43. The van der Waals surface area contributed by atoms with E-state index in [0.29, 0.717) is 5.56 Å². The van der Waals surface area contributed by atoms with Crippen molar-refractivity contribution in [1.29, 1.82) is 0 Å². The molecule has 5 aromatic rings. The van der Waals surface area contributed by atoms with E-state index in [1.165, 1.54) is 41.0 Å². The first-order chi connectivity index (χ1) is 18.1. The summed E-state index contributed by atoms with van der Waals surface area (Å²) in [4.78, 5) is 26.5. The van der Waals surface area contributed by atoms with E-state index in [0.717, 1.165) is 13.2 Å². The van der Waals surface area contributed by atoms with Crippen LogP contribution in [0.1, 0.15) is 16.1 Å². The number of phenolic OH excluding ortho intramolecular Hbond substituents is 6. The first-order valence-corrected chi connectivity index (χ1v) is 11.3. The molecule has 5 rings (SSSR count). The fraction of sp³-hybridized carbons (Fsp3) is 0.111. The van der Waals surface area contributed by atoms with Gasteiger partial charge in [-0.2, -0.15) is 0 Å². The second-order valence-electron chi connectivity index (χ2n) is 8.59. The minimum Gasteiger partial charge on any atom is -0.504 e. The van der Waals surface area contributed by atoms with Gasteiger partial charge in [-0.05, 0) is 47.9 Å². The molecule has 0 aliphatic heterocycles. The van der Waals surface area contributed by atoms with Gasteiger partial charge >= 0.3 is 11.6 Å². The Morgan fingerprint density at radius 3 is 2.13 bits per heavy atom. The number of aryl methyl sites for hydroxylation is 2. The second kappa shape index (κ2) is 8.96. The third-order valence-electron chi connectivity index (χ3n) is 6.31. The topological polar surface area (TPSA) is 183 Å². The zero-order valence-electron chi connectivity index (χ0n) is 19.8. The number of fused-ring (bicyclic) bond motifs is 3. The van der Waals surface area contributed by atoms with Gasteiger partial charge in [-0.25, -0.2) is 9.59 Å². The molecule has 11 heteroatoms. The Bertz CT molecular complexity index is 1820. The maximum atomic E-state index is 13.3. The van der Waals surface area contributed by atoms with Crippen LogP contribution in [0.2, 0.25) is 0 Å². The Morgan fingerprint density at radius 1 is 0.842 bits per heavy atom. The molecule has 0 atom stereocenters. The molecule has 2 aromatic heterocycles. The highest BCUT2D eigenvalue weighted by molar-refractivity contribution is 6.18. The fourth-order valence-corrected chi connectivity index (χ4v) is 4.54. The smallest absolute Gasteiger partial charge is 0.361 e. The summed E-state index contributed by atoms with van der Waals surface area (Å²) >= 11 is 0. The SMILES string of the molecule is COC(=O)c1c(-c2ccc(O)c(O)c2)c2c3cc(O)c(O)cc3oc(=O)c2n1CCc1ccc(O)c(O)c1. The quantitative estimate of drug-likeness (QED) is 0.114. The number of hydrogen-bond donors (Lipinski definition) is 6. The van der Waals surface area contributed by atoms with Crippen LogP contribution in [0.3, 0.4) is 0 Å². The van der Waals surface area contributed by atoms with Crippen LogP contribution in [0.25, 0.3) is 33.0 Å². The molecular formula is C27H21NO10. The minimum atomic E-state index is -0.856. The minimum absolute atomic E-state index is 0.00947. The summed E-state index contributed by atoms with van der Waals surface area (Å²) < 4.78 is 11.8. The summed E-state index contributed by atoms with van der Waals surface area (Å²) in [6, 6.07) is 10.3. The van der Waals surface area contributed by atoms with Crippen LogP contribution in [0, 0.1) is 0 Å². The Kier molecular flexibility index (Phi) is 5.75. The molecule has 2 heterocycles. The van der Waals surface area contributed by atoms with Crippen molar-refractivity contribution in [3.05, 3.63) is 70.2 Å². The maximum Gasteiger partial charge on any atom is 0.361 e. The van der Waals surface area contributed by atoms with Crippen LogP contribution in [-0.4, -0.2) is 48.3 Å². The molecule has 38 heavy (non-hydrogen) atoms. The van der Waals surface area contributed by atoms with Crippen molar-refractivity contribution in [1.82, 2.24) is 4.57 Å². The van der Waals surface area contributed by atoms with Crippen molar-refractivity contribution in [2.24, 2.45) is 0 Å². The zero-order chi connectivity index (χ0) is 27.3. The van der Waals surface area contributed by atoms with Gasteiger partial charge in [-0.1, -0.05) is 12.1 Å². The van der Waals surface area contributed by atoms with Crippen LogP contribution in [0.15, 0.2) is 57.7 Å². The van der Waals surface area contributed by atoms with Crippen molar-refractivity contribution in [3.63, 3.8) is 0 Å². The third-order valence-corrected chi connectivity index (χ3v) is 6.31. The highest BCUT2D eigenvalue weighted by atomic mass is 16.5. The fourth-order valence-electron chi connectivity index (χ4n) is 4.54. The van der Waals surface area contributed by atoms with Gasteiger partial charge in [0.1, 0.15) is 16.8 Å². The largest absolute Gasteiger partial charge is 0.504 e. The lowest BCUT2D eigenvalue weighted by molar-refractivity contribution is 0.0590. The van der Waals surface area contributed by atoms with E-state index in [9.17, 15) is 40.2 Å². The summed E-state index contributed by atoms with van der Waals surface area (Å²) in [5, 5.41) is 60.1. The van der Waals surface area contributed by atoms with Crippen molar-refractivity contribution < 1.29 is 44.6 Å². The molecule has 0 bridgehead atoms. The Morgan fingerprint density at radius 2 is 1.47 bits per heavy atom. The molecule has 3 aromatic carbocycles. The normalized spacial score (nSPS) is 11.3. The van der Waals surface area contributed by atoms with E-state index in [4.69, 9.17) is 9.15 Å². The maximum absolute atomic E-state index is 13.3. The monoisotopic (exact) mass is 519 g/mol. The van der Waals surface area contributed by atoms with Gasteiger partial charge < -0.3 is 44.4 Å². The molecule has 0 amide bonds. The van der Waals surface area contributed by atoms with Gasteiger partial charge in [-0.3, -0.25) is 0 Å². The van der Waals surface area contributed by atoms with Crippen LogP contribution in [0.4, 0.5) is 0 Å². The molecule has 0 fully saturated rings. The standard InChI is InChI=1S/C27H21NO10/c1-37-26(35)24-22(13-3-5-16(30)18(32)9-13)23-14-10-19(33)20(34)11-21(14)38-27(36)25(23)28(24)7-6-12-2-4-15(29)17(31)8-12/h2-5,8-11,29-34H,6-7H2,1H3. The molecule has 0 saturated carbocycles. The number of aromatic hydroxyl groups is 6. The molecule has 194 valence electrons. The number of carbonyl (C=O) groups is 1. The van der Waals surface area contributed by atoms with Crippen molar-refractivity contribution >= 4 is 27.8 Å². The van der Waals surface area contributed by atoms with Gasteiger partial charge in [0.25, 0.3) is 0 Å². The molecule has 0 aliphatic rings. The van der Waals surface area contributed by atoms with Crippen LogP contribution < -0.4 is 5.63 Å². The number of aromatic nitrogens is 1. The van der Waals surface area contributed by atoms with Gasteiger partial charge in [-0.15, -0.1) is 0 Å². The molecule has 0 unspecified atom stereocenters. The first kappa shape index (κ1) is 24.4. The summed E-state index contributed by atoms with van der Waals surface area (Å²) in [6.45, 7) is 0.00947. The van der Waals surface area contributed by atoms with Crippen molar-refractivity contribution in [2.75, 3.05) is 7.11 Å². The van der Waals surface area contributed by atoms with Crippen molar-refractivity contribution in [2.45, 2.75) is 13.0 Å². The number of carbonyl (C=O) groups excluding carboxylic acids is 1. The van der Waals surface area contributed by atoms with Crippen LogP contribution >= 0.6 is 0 Å². The van der Waals surface area contributed by atoms with Crippen LogP contribution in [0.5, 0.6) is 34.5 Å². The summed E-state index contributed by atoms with van der Waals surface area (Å²) in [5.41, 5.74) is -0.0967. The Labute approximate surface area is 213 Å². The predicted molar refractivity (Wildman–Crippen MR) is 135 cm³/mol. The molecule has 11 nitrogen and oxygen atoms in total. The molecular weight excluding hydrogens is 498 g/mol. The van der Waals surface area contributed by atoms with E-state index >= 15 is 0 Å². The van der Waals surface area contributed by atoms with Gasteiger partial charge in [0.05, 0.1) is 7.11 Å². The number of esters is 1. The van der Waals surface area contributed by atoms with Crippen molar-refractivity contribution in [3.8, 4) is 45.6 Å². The van der Waals surface area contributed by atoms with Gasteiger partial charge in [0.2, 0.25) is 0 Å². The number of rotatable bonds is 5. The van der Waals surface area contributed by atoms with E-state index < -0.39 is 34.6 Å². The Hall–Kier alpha value is -5.32. The number of ether oxygens (including phenoxy) is 1. The third kappa shape index (κ3) is 3.86. The zero-order valence-corrected chi connectivity index (χ0v) is 19.8. The summed E-state index contributed by atoms with van der Waals surface area (Å²) in [6.07, 6.45) is 0.195. The first-order valence-electron chi connectivity index (χ1n) is 11.3. The number of methoxy groups -OCH3 is 1. The average molecular weight is 519 g/mol. The Balaban J connectivity index is 1.89. The second-order valence-corrected chi connectivity index (χ2v) is 8.59. The lowest BCUT2D eigenvalue weighted by Crippen LogP contribution is -2.16. The summed E-state index contributed by atoms with van der Waals surface area (Å²) in [5.74, 6) is -3.38. The molecule has 6 N–H and O–H groups in total.